The van der Waals surface area contributed by atoms with Crippen LogP contribution in [0.1, 0.15) is 36.5 Å². The lowest BCUT2D eigenvalue weighted by Crippen LogP contribution is -2.36. The summed E-state index contributed by atoms with van der Waals surface area (Å²) in [5.41, 5.74) is 4.31. The number of nitrogens with one attached hydrogen (secondary N) is 1. The predicted molar refractivity (Wildman–Crippen MR) is 124 cm³/mol. The van der Waals surface area contributed by atoms with Gasteiger partial charge in [0.15, 0.2) is 0 Å². The summed E-state index contributed by atoms with van der Waals surface area (Å²) in [7, 11) is -2.46. The normalized spacial score (nSPS) is 18.0. The van der Waals surface area contributed by atoms with Gasteiger partial charge in [0.05, 0.1) is 11.4 Å². The third kappa shape index (κ3) is 4.17. The van der Waals surface area contributed by atoms with E-state index in [-0.39, 0.29) is 29.3 Å². The summed E-state index contributed by atoms with van der Waals surface area (Å²) >= 11 is 0. The smallest absolute Gasteiger partial charge is 0.243 e. The first-order valence-electron chi connectivity index (χ1n) is 10.9. The van der Waals surface area contributed by atoms with Crippen LogP contribution in [0, 0.1) is 19.8 Å². The van der Waals surface area contributed by atoms with Crippen LogP contribution < -0.4 is 10.2 Å². The summed E-state index contributed by atoms with van der Waals surface area (Å²) in [4.78, 5) is 27.1. The Bertz CT molecular complexity index is 1190. The number of hydrogen-bond donors (Lipinski definition) is 1. The Balaban J connectivity index is 1.49. The Kier molecular flexibility index (Phi) is 5.85. The highest BCUT2D eigenvalue weighted by Crippen LogP contribution is 2.39. The molecule has 0 bridgehead atoms. The van der Waals surface area contributed by atoms with Gasteiger partial charge in [0.2, 0.25) is 21.8 Å². The standard InChI is InChI=1S/C24H29N3O4S/c1-15-6-5-7-21(17(15)3)25-23(28)14-26(4)32(30,31)20-10-11-22-19(13-20)12-16(2)27(22)24(29)18-8-9-18/h5-7,10-11,13,16,18H,8-9,12,14H2,1-4H3,(H,25,28)/t16-/m0/s1. The van der Waals surface area contributed by atoms with Crippen molar-refractivity contribution >= 4 is 33.2 Å². The Morgan fingerprint density at radius 2 is 1.88 bits per heavy atom. The first-order valence-corrected chi connectivity index (χ1v) is 12.3. The highest BCUT2D eigenvalue weighted by Gasteiger charge is 2.40. The summed E-state index contributed by atoms with van der Waals surface area (Å²) in [6.07, 6.45) is 2.48. The van der Waals surface area contributed by atoms with Crippen LogP contribution in [0.5, 0.6) is 0 Å². The van der Waals surface area contributed by atoms with Gasteiger partial charge in [-0.15, -0.1) is 0 Å². The molecule has 0 radical (unpaired) electrons. The van der Waals surface area contributed by atoms with Crippen LogP contribution in [0.25, 0.3) is 0 Å². The third-order valence-electron chi connectivity index (χ3n) is 6.38. The number of fused-ring (bicyclic) bond motifs is 1. The molecule has 2 amide bonds. The molecule has 7 nitrogen and oxygen atoms in total. The van der Waals surface area contributed by atoms with Crippen LogP contribution in [0.4, 0.5) is 11.4 Å². The van der Waals surface area contributed by atoms with E-state index in [1.54, 1.807) is 18.2 Å². The van der Waals surface area contributed by atoms with Gasteiger partial charge >= 0.3 is 0 Å². The number of benzene rings is 2. The number of amides is 2. The maximum absolute atomic E-state index is 13.1. The van der Waals surface area contributed by atoms with Gasteiger partial charge in [0, 0.05) is 30.4 Å². The van der Waals surface area contributed by atoms with E-state index in [4.69, 9.17) is 0 Å². The lowest BCUT2D eigenvalue weighted by Gasteiger charge is -2.23. The average Bonchev–Trinajstić information content (AvgIpc) is 3.52. The Morgan fingerprint density at radius 1 is 1.16 bits per heavy atom. The molecule has 2 aromatic rings. The second-order valence-electron chi connectivity index (χ2n) is 8.88. The molecule has 1 heterocycles. The maximum atomic E-state index is 13.1. The average molecular weight is 456 g/mol. The number of nitrogens with zero attached hydrogens (tertiary/aromatic N) is 2. The maximum Gasteiger partial charge on any atom is 0.243 e. The van der Waals surface area contributed by atoms with Gasteiger partial charge < -0.3 is 10.2 Å². The first-order chi connectivity index (χ1) is 15.1. The lowest BCUT2D eigenvalue weighted by molar-refractivity contribution is -0.120. The van der Waals surface area contributed by atoms with Crippen LogP contribution in [0.15, 0.2) is 41.3 Å². The van der Waals surface area contributed by atoms with Crippen LogP contribution in [-0.4, -0.2) is 44.2 Å². The molecule has 8 heteroatoms. The highest BCUT2D eigenvalue weighted by molar-refractivity contribution is 7.89. The van der Waals surface area contributed by atoms with E-state index in [0.29, 0.717) is 12.1 Å². The molecular formula is C24H29N3O4S. The molecule has 1 saturated carbocycles. The van der Waals surface area contributed by atoms with Gasteiger partial charge in [-0.05, 0) is 81.0 Å². The van der Waals surface area contributed by atoms with Crippen LogP contribution in [0.2, 0.25) is 0 Å². The number of rotatable bonds is 6. The summed E-state index contributed by atoms with van der Waals surface area (Å²) in [5, 5.41) is 2.80. The van der Waals surface area contributed by atoms with E-state index in [9.17, 15) is 18.0 Å². The van der Waals surface area contributed by atoms with Crippen molar-refractivity contribution in [3.05, 3.63) is 53.1 Å². The molecule has 32 heavy (non-hydrogen) atoms. The third-order valence-corrected chi connectivity index (χ3v) is 8.18. The van der Waals surface area contributed by atoms with Crippen LogP contribution in [0.3, 0.4) is 0 Å². The number of aryl methyl sites for hydroxylation is 1. The summed E-state index contributed by atoms with van der Waals surface area (Å²) in [6, 6.07) is 10.5. The van der Waals surface area contributed by atoms with E-state index in [1.165, 1.54) is 13.1 Å². The van der Waals surface area contributed by atoms with Gasteiger partial charge in [0.25, 0.3) is 0 Å². The topological polar surface area (TPSA) is 86.8 Å². The van der Waals surface area contributed by atoms with Gasteiger partial charge in [-0.1, -0.05) is 12.1 Å². The molecular weight excluding hydrogens is 426 g/mol. The summed E-state index contributed by atoms with van der Waals surface area (Å²) in [6.45, 7) is 5.55. The zero-order chi connectivity index (χ0) is 23.2. The van der Waals surface area contributed by atoms with Crippen molar-refractivity contribution in [3.63, 3.8) is 0 Å². The summed E-state index contributed by atoms with van der Waals surface area (Å²) < 4.78 is 27.3. The van der Waals surface area contributed by atoms with Crippen LogP contribution in [-0.2, 0) is 26.0 Å². The second kappa shape index (κ2) is 8.33. The van der Waals surface area contributed by atoms with Crippen molar-refractivity contribution in [2.24, 2.45) is 5.92 Å². The highest BCUT2D eigenvalue weighted by atomic mass is 32.2. The molecule has 1 aliphatic heterocycles. The van der Waals surface area contributed by atoms with Gasteiger partial charge in [-0.2, -0.15) is 4.31 Å². The Hall–Kier alpha value is -2.71. The molecule has 0 unspecified atom stereocenters. The number of sulfonamides is 1. The molecule has 1 atom stereocenters. The zero-order valence-corrected chi connectivity index (χ0v) is 19.7. The van der Waals surface area contributed by atoms with E-state index >= 15 is 0 Å². The molecule has 2 aliphatic rings. The fourth-order valence-electron chi connectivity index (χ4n) is 4.17. The number of carbonyl (C=O) groups is 2. The monoisotopic (exact) mass is 455 g/mol. The SMILES string of the molecule is Cc1cccc(NC(=O)CN(C)S(=O)(=O)c2ccc3c(c2)C[C@H](C)N3C(=O)C2CC2)c1C. The van der Waals surface area contributed by atoms with Crippen molar-refractivity contribution in [1.82, 2.24) is 4.31 Å². The zero-order valence-electron chi connectivity index (χ0n) is 18.9. The number of anilines is 2. The summed E-state index contributed by atoms with van der Waals surface area (Å²) in [5.74, 6) is -0.165. The Morgan fingerprint density at radius 3 is 2.56 bits per heavy atom. The molecule has 1 aliphatic carbocycles. The van der Waals surface area contributed by atoms with Gasteiger partial charge in [-0.25, -0.2) is 8.42 Å². The Labute approximate surface area is 189 Å². The number of hydrogen-bond acceptors (Lipinski definition) is 4. The first kappa shape index (κ1) is 22.5. The molecule has 1 fully saturated rings. The molecule has 2 aromatic carbocycles. The minimum Gasteiger partial charge on any atom is -0.325 e. The molecule has 170 valence electrons. The van der Waals surface area contributed by atoms with Crippen molar-refractivity contribution in [2.75, 3.05) is 23.8 Å². The van der Waals surface area contributed by atoms with Crippen molar-refractivity contribution in [1.29, 1.82) is 0 Å². The van der Waals surface area contributed by atoms with E-state index in [2.05, 4.69) is 5.32 Å². The molecule has 4 rings (SSSR count). The van der Waals surface area contributed by atoms with Crippen LogP contribution >= 0.6 is 0 Å². The van der Waals surface area contributed by atoms with Gasteiger partial charge in [-0.3, -0.25) is 9.59 Å². The number of carbonyl (C=O) groups excluding carboxylic acids is 2. The van der Waals surface area contributed by atoms with Crippen molar-refractivity contribution < 1.29 is 18.0 Å². The molecule has 1 N–H and O–H groups in total. The minimum absolute atomic E-state index is 0.0112. The predicted octanol–water partition coefficient (Wildman–Crippen LogP) is 3.25. The largest absolute Gasteiger partial charge is 0.325 e. The molecule has 0 aromatic heterocycles. The fourth-order valence-corrected chi connectivity index (χ4v) is 5.35. The van der Waals surface area contributed by atoms with E-state index in [1.807, 2.05) is 37.8 Å². The second-order valence-corrected chi connectivity index (χ2v) is 10.9. The van der Waals surface area contributed by atoms with Crippen molar-refractivity contribution in [3.8, 4) is 0 Å². The van der Waals surface area contributed by atoms with E-state index < -0.39 is 15.9 Å². The van der Waals surface area contributed by atoms with Crippen molar-refractivity contribution in [2.45, 2.75) is 51.0 Å². The molecule has 0 saturated heterocycles. The fraction of sp³-hybridized carbons (Fsp3) is 0.417. The quantitative estimate of drug-likeness (QED) is 0.724. The van der Waals surface area contributed by atoms with E-state index in [0.717, 1.165) is 39.5 Å². The van der Waals surface area contributed by atoms with Gasteiger partial charge in [0.1, 0.15) is 0 Å². The lowest BCUT2D eigenvalue weighted by atomic mass is 10.1. The number of likely N-dealkylation sites (N-methyl/N-ethyl adjacent to an activating group) is 1. The minimum atomic E-state index is -3.86. The molecule has 0 spiro atoms.